The summed E-state index contributed by atoms with van der Waals surface area (Å²) in [7, 11) is 0. The van der Waals surface area contributed by atoms with E-state index in [0.717, 1.165) is 12.0 Å². The Morgan fingerprint density at radius 2 is 1.68 bits per heavy atom. The Morgan fingerprint density at radius 1 is 1.05 bits per heavy atom. The summed E-state index contributed by atoms with van der Waals surface area (Å²) in [6.45, 7) is 1.99. The molecule has 0 fully saturated rings. The van der Waals surface area contributed by atoms with E-state index >= 15 is 0 Å². The Bertz CT molecular complexity index is 555. The molecule has 1 atom stereocenters. The summed E-state index contributed by atoms with van der Waals surface area (Å²) in [4.78, 5) is 0. The number of anilines is 1. The molecule has 2 rings (SSSR count). The number of hydrogen-bond donors (Lipinski definition) is 1. The van der Waals surface area contributed by atoms with E-state index in [4.69, 9.17) is 11.6 Å². The number of nitrogens with one attached hydrogen (secondary N) is 1. The van der Waals surface area contributed by atoms with Gasteiger partial charge in [0.25, 0.3) is 0 Å². The lowest BCUT2D eigenvalue weighted by Crippen LogP contribution is -2.18. The molecule has 1 unspecified atom stereocenters. The first-order valence-electron chi connectivity index (χ1n) is 6.00. The molecule has 0 aliphatic heterocycles. The van der Waals surface area contributed by atoms with Gasteiger partial charge in [-0.05, 0) is 49.2 Å². The fraction of sp³-hybridized carbons (Fsp3) is 0.200. The molecule has 0 heterocycles. The monoisotopic (exact) mass is 281 g/mol. The van der Waals surface area contributed by atoms with Crippen LogP contribution in [0.2, 0.25) is 5.02 Å². The predicted octanol–water partition coefficient (Wildman–Crippen LogP) is 4.66. The van der Waals surface area contributed by atoms with Gasteiger partial charge in [0.15, 0.2) is 0 Å². The molecule has 0 radical (unpaired) electrons. The molecular formula is C15H14ClF2N. The molecule has 2 aromatic rings. The summed E-state index contributed by atoms with van der Waals surface area (Å²) in [6.07, 6.45) is 0.730. The lowest BCUT2D eigenvalue weighted by molar-refractivity contribution is 0.626. The van der Waals surface area contributed by atoms with Gasteiger partial charge in [-0.3, -0.25) is 0 Å². The van der Waals surface area contributed by atoms with Crippen molar-refractivity contribution in [1.29, 1.82) is 0 Å². The quantitative estimate of drug-likeness (QED) is 0.859. The summed E-state index contributed by atoms with van der Waals surface area (Å²) in [5.41, 5.74) is 1.72. The topological polar surface area (TPSA) is 12.0 Å². The van der Waals surface area contributed by atoms with Crippen molar-refractivity contribution in [3.8, 4) is 0 Å². The highest BCUT2D eigenvalue weighted by atomic mass is 35.5. The van der Waals surface area contributed by atoms with Crippen molar-refractivity contribution >= 4 is 17.3 Å². The molecule has 0 saturated heterocycles. The van der Waals surface area contributed by atoms with Crippen LogP contribution in [0.15, 0.2) is 42.5 Å². The van der Waals surface area contributed by atoms with Gasteiger partial charge >= 0.3 is 0 Å². The summed E-state index contributed by atoms with van der Waals surface area (Å²) >= 11 is 5.95. The van der Waals surface area contributed by atoms with Crippen LogP contribution < -0.4 is 5.32 Å². The molecule has 0 aromatic heterocycles. The Kier molecular flexibility index (Phi) is 4.38. The molecule has 19 heavy (non-hydrogen) atoms. The maximum absolute atomic E-state index is 12.9. The predicted molar refractivity (Wildman–Crippen MR) is 74.6 cm³/mol. The van der Waals surface area contributed by atoms with Gasteiger partial charge in [-0.15, -0.1) is 0 Å². The molecule has 100 valence electrons. The fourth-order valence-electron chi connectivity index (χ4n) is 1.90. The summed E-state index contributed by atoms with van der Waals surface area (Å²) in [5, 5.41) is 3.56. The molecule has 0 bridgehead atoms. The second kappa shape index (κ2) is 6.02. The molecular weight excluding hydrogens is 268 g/mol. The first-order chi connectivity index (χ1) is 9.04. The first kappa shape index (κ1) is 13.8. The van der Waals surface area contributed by atoms with Crippen LogP contribution in [0.4, 0.5) is 14.5 Å². The van der Waals surface area contributed by atoms with Gasteiger partial charge in [-0.25, -0.2) is 8.78 Å². The highest BCUT2D eigenvalue weighted by Gasteiger charge is 2.07. The molecule has 4 heteroatoms. The van der Waals surface area contributed by atoms with Crippen LogP contribution in [0.5, 0.6) is 0 Å². The highest BCUT2D eigenvalue weighted by molar-refractivity contribution is 6.33. The van der Waals surface area contributed by atoms with Crippen molar-refractivity contribution in [3.63, 3.8) is 0 Å². The summed E-state index contributed by atoms with van der Waals surface area (Å²) in [5.74, 6) is -0.604. The van der Waals surface area contributed by atoms with E-state index in [9.17, 15) is 8.78 Å². The minimum absolute atomic E-state index is 0.105. The van der Waals surface area contributed by atoms with E-state index in [1.807, 2.05) is 6.92 Å². The van der Waals surface area contributed by atoms with E-state index in [-0.39, 0.29) is 17.7 Å². The Labute approximate surface area is 116 Å². The Morgan fingerprint density at radius 3 is 2.32 bits per heavy atom. The second-order valence-electron chi connectivity index (χ2n) is 4.50. The molecule has 1 nitrogen and oxygen atoms in total. The molecule has 0 amide bonds. The maximum Gasteiger partial charge on any atom is 0.124 e. The molecule has 0 aliphatic carbocycles. The fourth-order valence-corrected chi connectivity index (χ4v) is 2.12. The molecule has 0 spiro atoms. The van der Waals surface area contributed by atoms with Crippen LogP contribution in [0.25, 0.3) is 0 Å². The van der Waals surface area contributed by atoms with Crippen molar-refractivity contribution < 1.29 is 8.78 Å². The SMILES string of the molecule is CC(Cc1ccc(F)cc1)Nc1ccc(F)cc1Cl. The number of hydrogen-bond acceptors (Lipinski definition) is 1. The lowest BCUT2D eigenvalue weighted by atomic mass is 10.1. The largest absolute Gasteiger partial charge is 0.381 e. The van der Waals surface area contributed by atoms with E-state index in [2.05, 4.69) is 5.32 Å². The third-order valence-corrected chi connectivity index (χ3v) is 3.10. The number of benzene rings is 2. The minimum Gasteiger partial charge on any atom is -0.381 e. The third kappa shape index (κ3) is 3.93. The Hall–Kier alpha value is -1.61. The van der Waals surface area contributed by atoms with Crippen LogP contribution in [-0.2, 0) is 6.42 Å². The third-order valence-electron chi connectivity index (χ3n) is 2.79. The van der Waals surface area contributed by atoms with Crippen molar-refractivity contribution in [2.24, 2.45) is 0 Å². The van der Waals surface area contributed by atoms with Gasteiger partial charge in [0, 0.05) is 6.04 Å². The highest BCUT2D eigenvalue weighted by Crippen LogP contribution is 2.23. The van der Waals surface area contributed by atoms with Crippen LogP contribution in [0.3, 0.4) is 0 Å². The smallest absolute Gasteiger partial charge is 0.124 e. The van der Waals surface area contributed by atoms with E-state index in [0.29, 0.717) is 10.7 Å². The van der Waals surface area contributed by atoms with Crippen LogP contribution >= 0.6 is 11.6 Å². The van der Waals surface area contributed by atoms with Crippen LogP contribution in [0.1, 0.15) is 12.5 Å². The standard InChI is InChI=1S/C15H14ClF2N/c1-10(8-11-2-4-12(17)5-3-11)19-15-7-6-13(18)9-14(15)16/h2-7,9-10,19H,8H2,1H3. The zero-order valence-corrected chi connectivity index (χ0v) is 11.2. The lowest BCUT2D eigenvalue weighted by Gasteiger charge is -2.16. The average molecular weight is 282 g/mol. The zero-order valence-electron chi connectivity index (χ0n) is 10.5. The van der Waals surface area contributed by atoms with Gasteiger partial charge in [0.05, 0.1) is 10.7 Å². The first-order valence-corrected chi connectivity index (χ1v) is 6.38. The minimum atomic E-state index is -0.360. The van der Waals surface area contributed by atoms with Crippen LogP contribution in [0, 0.1) is 11.6 Å². The molecule has 1 N–H and O–H groups in total. The van der Waals surface area contributed by atoms with Gasteiger partial charge in [-0.1, -0.05) is 23.7 Å². The number of rotatable bonds is 4. The average Bonchev–Trinajstić information content (AvgIpc) is 2.36. The van der Waals surface area contributed by atoms with Crippen molar-refractivity contribution in [3.05, 3.63) is 64.7 Å². The normalized spacial score (nSPS) is 12.2. The van der Waals surface area contributed by atoms with Gasteiger partial charge in [-0.2, -0.15) is 0 Å². The van der Waals surface area contributed by atoms with E-state index in [1.165, 1.54) is 24.3 Å². The van der Waals surface area contributed by atoms with Crippen LogP contribution in [-0.4, -0.2) is 6.04 Å². The van der Waals surface area contributed by atoms with E-state index in [1.54, 1.807) is 18.2 Å². The number of halogens is 3. The van der Waals surface area contributed by atoms with Gasteiger partial charge in [0.2, 0.25) is 0 Å². The zero-order chi connectivity index (χ0) is 13.8. The van der Waals surface area contributed by atoms with Gasteiger partial charge in [0.1, 0.15) is 11.6 Å². The van der Waals surface area contributed by atoms with Crippen molar-refractivity contribution in [2.45, 2.75) is 19.4 Å². The second-order valence-corrected chi connectivity index (χ2v) is 4.91. The van der Waals surface area contributed by atoms with Gasteiger partial charge < -0.3 is 5.32 Å². The maximum atomic E-state index is 12.9. The Balaban J connectivity index is 2.01. The molecule has 2 aromatic carbocycles. The molecule has 0 aliphatic rings. The van der Waals surface area contributed by atoms with Crippen molar-refractivity contribution in [2.75, 3.05) is 5.32 Å². The summed E-state index contributed by atoms with van der Waals surface area (Å²) < 4.78 is 25.7. The van der Waals surface area contributed by atoms with E-state index < -0.39 is 0 Å². The molecule has 0 saturated carbocycles. The van der Waals surface area contributed by atoms with Crippen molar-refractivity contribution in [1.82, 2.24) is 0 Å². The summed E-state index contributed by atoms with van der Waals surface area (Å²) in [6, 6.07) is 10.7.